The van der Waals surface area contributed by atoms with E-state index in [9.17, 15) is 0 Å². The minimum atomic E-state index is 1.06. The molecule has 0 amide bonds. The van der Waals surface area contributed by atoms with Gasteiger partial charge in [0.25, 0.3) is 0 Å². The number of rotatable bonds is 4. The zero-order valence-corrected chi connectivity index (χ0v) is 19.8. The molecule has 0 saturated carbocycles. The fourth-order valence-corrected chi connectivity index (χ4v) is 5.31. The van der Waals surface area contributed by atoms with Crippen molar-refractivity contribution in [2.75, 3.05) is 4.90 Å². The van der Waals surface area contributed by atoms with Crippen LogP contribution >= 0.6 is 31.9 Å². The lowest BCUT2D eigenvalue weighted by molar-refractivity contribution is 1.30. The Morgan fingerprint density at radius 1 is 0.484 bits per heavy atom. The monoisotopic (exact) mass is 527 g/mol. The number of anilines is 3. The molecule has 0 aromatic heterocycles. The summed E-state index contributed by atoms with van der Waals surface area (Å²) < 4.78 is 2.11. The third-order valence-corrected chi connectivity index (χ3v) is 6.26. The van der Waals surface area contributed by atoms with E-state index in [0.29, 0.717) is 0 Å². The Morgan fingerprint density at radius 2 is 1.00 bits per heavy atom. The van der Waals surface area contributed by atoms with Gasteiger partial charge in [-0.2, -0.15) is 0 Å². The molecule has 5 aromatic carbocycles. The van der Waals surface area contributed by atoms with Gasteiger partial charge in [-0.05, 0) is 65.0 Å². The molecule has 0 N–H and O–H groups in total. The van der Waals surface area contributed by atoms with Crippen molar-refractivity contribution in [3.8, 4) is 11.1 Å². The molecule has 31 heavy (non-hydrogen) atoms. The van der Waals surface area contributed by atoms with Gasteiger partial charge in [-0.1, -0.05) is 98.6 Å². The van der Waals surface area contributed by atoms with Crippen LogP contribution in [0.4, 0.5) is 17.1 Å². The Morgan fingerprint density at radius 3 is 1.58 bits per heavy atom. The van der Waals surface area contributed by atoms with Gasteiger partial charge in [-0.25, -0.2) is 0 Å². The van der Waals surface area contributed by atoms with E-state index in [1.165, 1.54) is 21.9 Å². The first-order valence-electron chi connectivity index (χ1n) is 10.1. The average Bonchev–Trinajstić information content (AvgIpc) is 2.80. The van der Waals surface area contributed by atoms with Crippen molar-refractivity contribution < 1.29 is 0 Å². The fraction of sp³-hybridized carbons (Fsp3) is 0. The molecule has 0 unspecified atom stereocenters. The second-order valence-corrected chi connectivity index (χ2v) is 9.17. The Balaban J connectivity index is 1.77. The van der Waals surface area contributed by atoms with Gasteiger partial charge in [0.2, 0.25) is 0 Å². The normalized spacial score (nSPS) is 10.9. The van der Waals surface area contributed by atoms with Crippen molar-refractivity contribution in [2.24, 2.45) is 0 Å². The van der Waals surface area contributed by atoms with Crippen LogP contribution in [0, 0.1) is 0 Å². The van der Waals surface area contributed by atoms with E-state index in [4.69, 9.17) is 0 Å². The Bertz CT molecular complexity index is 1290. The lowest BCUT2D eigenvalue weighted by atomic mass is 9.96. The minimum absolute atomic E-state index is 1.06. The number of hydrogen-bond donors (Lipinski definition) is 0. The molecule has 0 atom stereocenters. The largest absolute Gasteiger partial charge is 0.310 e. The maximum atomic E-state index is 3.63. The van der Waals surface area contributed by atoms with Gasteiger partial charge in [0.15, 0.2) is 0 Å². The summed E-state index contributed by atoms with van der Waals surface area (Å²) >= 11 is 7.27. The van der Waals surface area contributed by atoms with Crippen molar-refractivity contribution in [3.63, 3.8) is 0 Å². The molecule has 0 fully saturated rings. The predicted octanol–water partition coefficient (Wildman–Crippen LogP) is 9.50. The van der Waals surface area contributed by atoms with Gasteiger partial charge in [0, 0.05) is 25.7 Å². The summed E-state index contributed by atoms with van der Waals surface area (Å²) in [5, 5.41) is 2.44. The zero-order valence-electron chi connectivity index (χ0n) is 16.7. The molecule has 0 radical (unpaired) electrons. The van der Waals surface area contributed by atoms with Crippen LogP contribution in [0.2, 0.25) is 0 Å². The molecule has 1 nitrogen and oxygen atoms in total. The van der Waals surface area contributed by atoms with E-state index in [2.05, 4.69) is 152 Å². The number of halogens is 2. The maximum Gasteiger partial charge on any atom is 0.0540 e. The fourth-order valence-electron chi connectivity index (χ4n) is 4.02. The van der Waals surface area contributed by atoms with Gasteiger partial charge in [-0.3, -0.25) is 0 Å². The summed E-state index contributed by atoms with van der Waals surface area (Å²) in [5.74, 6) is 0. The highest BCUT2D eigenvalue weighted by Crippen LogP contribution is 2.42. The quantitative estimate of drug-likeness (QED) is 0.224. The van der Waals surface area contributed by atoms with Gasteiger partial charge < -0.3 is 4.90 Å². The third-order valence-electron chi connectivity index (χ3n) is 5.34. The molecule has 5 aromatic rings. The van der Waals surface area contributed by atoms with Crippen LogP contribution in [0.1, 0.15) is 0 Å². The highest BCUT2D eigenvalue weighted by atomic mass is 79.9. The van der Waals surface area contributed by atoms with Crippen LogP contribution in [0.15, 0.2) is 124 Å². The van der Waals surface area contributed by atoms with Crippen LogP contribution in [0.5, 0.6) is 0 Å². The Kier molecular flexibility index (Phi) is 5.63. The zero-order chi connectivity index (χ0) is 21.2. The molecule has 5 rings (SSSR count). The third kappa shape index (κ3) is 4.04. The number of hydrogen-bond acceptors (Lipinski definition) is 1. The summed E-state index contributed by atoms with van der Waals surface area (Å²) in [4.78, 5) is 2.32. The Hall–Kier alpha value is -2.88. The first kappa shape index (κ1) is 20.0. The van der Waals surface area contributed by atoms with E-state index in [0.717, 1.165) is 26.0 Å². The van der Waals surface area contributed by atoms with E-state index in [1.54, 1.807) is 0 Å². The van der Waals surface area contributed by atoms with Crippen LogP contribution in [0.3, 0.4) is 0 Å². The second kappa shape index (κ2) is 8.70. The highest BCUT2D eigenvalue weighted by Gasteiger charge is 2.16. The predicted molar refractivity (Wildman–Crippen MR) is 139 cm³/mol. The summed E-state index contributed by atoms with van der Waals surface area (Å²) in [6.45, 7) is 0. The maximum absolute atomic E-state index is 3.63. The van der Waals surface area contributed by atoms with Crippen LogP contribution in [-0.2, 0) is 0 Å². The average molecular weight is 529 g/mol. The van der Waals surface area contributed by atoms with Crippen LogP contribution in [0.25, 0.3) is 21.9 Å². The molecule has 3 heteroatoms. The van der Waals surface area contributed by atoms with Crippen molar-refractivity contribution >= 4 is 59.7 Å². The highest BCUT2D eigenvalue weighted by molar-refractivity contribution is 9.11. The second-order valence-electron chi connectivity index (χ2n) is 7.34. The van der Waals surface area contributed by atoms with Crippen molar-refractivity contribution in [2.45, 2.75) is 0 Å². The van der Waals surface area contributed by atoms with Crippen LogP contribution < -0.4 is 4.90 Å². The molecule has 0 heterocycles. The number of para-hydroxylation sites is 2. The molecule has 0 spiro atoms. The molecule has 150 valence electrons. The first-order chi connectivity index (χ1) is 15.2. The van der Waals surface area contributed by atoms with E-state index in [-0.39, 0.29) is 0 Å². The van der Waals surface area contributed by atoms with Gasteiger partial charge in [0.1, 0.15) is 0 Å². The van der Waals surface area contributed by atoms with Crippen molar-refractivity contribution in [1.82, 2.24) is 0 Å². The topological polar surface area (TPSA) is 3.24 Å². The summed E-state index contributed by atoms with van der Waals surface area (Å²) in [7, 11) is 0. The van der Waals surface area contributed by atoms with Crippen molar-refractivity contribution in [1.29, 1.82) is 0 Å². The molecule has 0 bridgehead atoms. The Labute approximate surface area is 199 Å². The van der Waals surface area contributed by atoms with E-state index < -0.39 is 0 Å². The number of nitrogens with zero attached hydrogens (tertiary/aromatic N) is 1. The summed E-state index contributed by atoms with van der Waals surface area (Å²) in [5.41, 5.74) is 5.82. The van der Waals surface area contributed by atoms with Crippen molar-refractivity contribution in [3.05, 3.63) is 124 Å². The van der Waals surface area contributed by atoms with Gasteiger partial charge in [-0.15, -0.1) is 0 Å². The smallest absolute Gasteiger partial charge is 0.0540 e. The standard InChI is InChI=1S/C28H19Br2N/c29-21-17-20(18-22(30)19-21)25-15-16-28(27-14-8-7-13-26(25)27)31(23-9-3-1-4-10-23)24-11-5-2-6-12-24/h1-19H. The number of benzene rings is 5. The lowest BCUT2D eigenvalue weighted by Crippen LogP contribution is -2.10. The number of fused-ring (bicyclic) bond motifs is 1. The minimum Gasteiger partial charge on any atom is -0.310 e. The van der Waals surface area contributed by atoms with Crippen LogP contribution in [-0.4, -0.2) is 0 Å². The molecular formula is C28H19Br2N. The SMILES string of the molecule is Brc1cc(Br)cc(-c2ccc(N(c3ccccc3)c3ccccc3)c3ccccc23)c1. The lowest BCUT2D eigenvalue weighted by Gasteiger charge is -2.27. The molecule has 0 saturated heterocycles. The van der Waals surface area contributed by atoms with E-state index in [1.807, 2.05) is 0 Å². The van der Waals surface area contributed by atoms with E-state index >= 15 is 0 Å². The van der Waals surface area contributed by atoms with Gasteiger partial charge in [0.05, 0.1) is 5.69 Å². The molecule has 0 aliphatic rings. The summed E-state index contributed by atoms with van der Waals surface area (Å²) in [6.07, 6.45) is 0. The molecular weight excluding hydrogens is 510 g/mol. The first-order valence-corrected chi connectivity index (χ1v) is 11.7. The van der Waals surface area contributed by atoms with Gasteiger partial charge >= 0.3 is 0 Å². The molecule has 0 aliphatic carbocycles. The molecule has 0 aliphatic heterocycles. The summed E-state index contributed by atoms with van der Waals surface area (Å²) in [6, 6.07) is 40.5.